The number of piperidine rings is 2. The Morgan fingerprint density at radius 3 is 2.10 bits per heavy atom. The van der Waals surface area contributed by atoms with E-state index in [-0.39, 0.29) is 5.41 Å². The second kappa shape index (κ2) is 7.25. The van der Waals surface area contributed by atoms with Crippen LogP contribution in [0.25, 0.3) is 11.1 Å². The predicted molar refractivity (Wildman–Crippen MR) is 123 cm³/mol. The van der Waals surface area contributed by atoms with Gasteiger partial charge in [-0.25, -0.2) is 0 Å². The maximum atomic E-state index is 3.90. The fourth-order valence-electron chi connectivity index (χ4n) is 5.99. The first kappa shape index (κ1) is 19.3. The number of aryl methyl sites for hydroxylation is 1. The Bertz CT molecular complexity index is 897. The van der Waals surface area contributed by atoms with Gasteiger partial charge in [-0.1, -0.05) is 62.7 Å². The lowest BCUT2D eigenvalue weighted by Crippen LogP contribution is -2.54. The van der Waals surface area contributed by atoms with Crippen LogP contribution in [0.5, 0.6) is 0 Å². The van der Waals surface area contributed by atoms with Gasteiger partial charge in [-0.3, -0.25) is 0 Å². The molecule has 2 saturated heterocycles. The van der Waals surface area contributed by atoms with Crippen LogP contribution < -0.4 is 10.6 Å². The fourth-order valence-corrected chi connectivity index (χ4v) is 5.99. The van der Waals surface area contributed by atoms with Crippen LogP contribution in [0.2, 0.25) is 0 Å². The smallest absolute Gasteiger partial charge is 0.0221 e. The summed E-state index contributed by atoms with van der Waals surface area (Å²) in [4.78, 5) is 0. The number of hydrogen-bond donors (Lipinski definition) is 2. The minimum absolute atomic E-state index is 0.0973. The van der Waals surface area contributed by atoms with Crippen LogP contribution in [-0.4, -0.2) is 25.2 Å². The second-order valence-corrected chi connectivity index (χ2v) is 10.5. The summed E-state index contributed by atoms with van der Waals surface area (Å²) in [6.45, 7) is 11.7. The minimum atomic E-state index is 0.0973. The quantitative estimate of drug-likeness (QED) is 0.707. The summed E-state index contributed by atoms with van der Waals surface area (Å²) in [5.41, 5.74) is 8.86. The topological polar surface area (TPSA) is 24.1 Å². The third kappa shape index (κ3) is 3.35. The van der Waals surface area contributed by atoms with Crippen molar-refractivity contribution in [1.29, 1.82) is 0 Å². The molecule has 0 radical (unpaired) electrons. The van der Waals surface area contributed by atoms with Crippen LogP contribution in [0.4, 0.5) is 0 Å². The predicted octanol–water partition coefficient (Wildman–Crippen LogP) is 5.53. The number of hydrogen-bond acceptors (Lipinski definition) is 2. The number of fused-ring (bicyclic) bond motifs is 3. The van der Waals surface area contributed by atoms with E-state index in [2.05, 4.69) is 74.7 Å². The lowest BCUT2D eigenvalue weighted by Gasteiger charge is -2.39. The molecule has 0 aromatic heterocycles. The third-order valence-electron chi connectivity index (χ3n) is 7.96. The maximum Gasteiger partial charge on any atom is 0.0221 e. The molecule has 2 aromatic carbocycles. The van der Waals surface area contributed by atoms with E-state index in [1.165, 1.54) is 65.6 Å². The molecule has 2 aromatic rings. The van der Waals surface area contributed by atoms with E-state index in [9.17, 15) is 0 Å². The maximum absolute atomic E-state index is 3.90. The minimum Gasteiger partial charge on any atom is -0.312 e. The number of benzene rings is 2. The van der Waals surface area contributed by atoms with E-state index in [1.54, 1.807) is 0 Å². The zero-order valence-electron chi connectivity index (χ0n) is 18.5. The molecule has 0 spiro atoms. The Kier molecular flexibility index (Phi) is 4.83. The Morgan fingerprint density at radius 2 is 1.45 bits per heavy atom. The average Bonchev–Trinajstić information content (AvgIpc) is 2.95. The van der Waals surface area contributed by atoms with Crippen LogP contribution >= 0.6 is 0 Å². The average molecular weight is 389 g/mol. The largest absolute Gasteiger partial charge is 0.312 e. The van der Waals surface area contributed by atoms with Crippen molar-refractivity contribution in [1.82, 2.24) is 10.6 Å². The van der Waals surface area contributed by atoms with Crippen LogP contribution in [-0.2, 0) is 5.41 Å². The molecule has 0 bridgehead atoms. The lowest BCUT2D eigenvalue weighted by atomic mass is 9.79. The van der Waals surface area contributed by atoms with Gasteiger partial charge in [0.1, 0.15) is 0 Å². The number of rotatable bonds is 2. The fraction of sp³-hybridized carbons (Fsp3) is 0.556. The molecular weight excluding hydrogens is 352 g/mol. The molecule has 3 aliphatic rings. The molecule has 0 saturated carbocycles. The zero-order chi connectivity index (χ0) is 20.2. The number of nitrogens with one attached hydrogen (secondary N) is 2. The van der Waals surface area contributed by atoms with E-state index in [0.717, 1.165) is 12.5 Å². The molecule has 4 atom stereocenters. The van der Waals surface area contributed by atoms with Gasteiger partial charge in [0, 0.05) is 24.0 Å². The molecule has 2 fully saturated rings. The van der Waals surface area contributed by atoms with Crippen molar-refractivity contribution in [3.05, 3.63) is 58.7 Å². The first-order valence-corrected chi connectivity index (χ1v) is 11.7. The van der Waals surface area contributed by atoms with Gasteiger partial charge in [-0.05, 0) is 78.8 Å². The molecule has 2 heterocycles. The summed E-state index contributed by atoms with van der Waals surface area (Å²) >= 11 is 0. The summed E-state index contributed by atoms with van der Waals surface area (Å²) in [6.07, 6.45) is 5.29. The molecule has 2 nitrogen and oxygen atoms in total. The van der Waals surface area contributed by atoms with Gasteiger partial charge in [0.2, 0.25) is 0 Å². The summed E-state index contributed by atoms with van der Waals surface area (Å²) in [6, 6.07) is 15.6. The molecule has 5 rings (SSSR count). The molecule has 0 amide bonds. The van der Waals surface area contributed by atoms with Gasteiger partial charge in [0.15, 0.2) is 0 Å². The van der Waals surface area contributed by atoms with E-state index in [4.69, 9.17) is 0 Å². The third-order valence-corrected chi connectivity index (χ3v) is 7.96. The van der Waals surface area contributed by atoms with Crippen molar-refractivity contribution < 1.29 is 0 Å². The first-order valence-electron chi connectivity index (χ1n) is 11.7. The van der Waals surface area contributed by atoms with Crippen molar-refractivity contribution >= 4 is 0 Å². The van der Waals surface area contributed by atoms with Gasteiger partial charge in [-0.2, -0.15) is 0 Å². The Hall–Kier alpha value is -1.64. The Labute approximate surface area is 176 Å². The van der Waals surface area contributed by atoms with Gasteiger partial charge in [-0.15, -0.1) is 0 Å². The van der Waals surface area contributed by atoms with Gasteiger partial charge >= 0.3 is 0 Å². The molecule has 2 aliphatic heterocycles. The van der Waals surface area contributed by atoms with Gasteiger partial charge in [0.05, 0.1) is 0 Å². The molecule has 154 valence electrons. The van der Waals surface area contributed by atoms with Crippen LogP contribution in [0.3, 0.4) is 0 Å². The first-order chi connectivity index (χ1) is 13.9. The van der Waals surface area contributed by atoms with E-state index in [1.807, 2.05) is 0 Å². The molecule has 4 unspecified atom stereocenters. The highest BCUT2D eigenvalue weighted by atomic mass is 15.0. The van der Waals surface area contributed by atoms with Crippen molar-refractivity contribution in [2.24, 2.45) is 5.92 Å². The molecular formula is C27H36N2. The standard InChI is InChI=1S/C27H36N2/c1-17-5-9-21-22-10-7-19(14-24(22)27(3,4)23(21)13-17)20-8-12-26(29-16-20)25-11-6-18(2)15-28-25/h5,7,9-10,13-14,18,20,25-26,28-29H,6,8,11-12,15-16H2,1-4H3. The SMILES string of the molecule is Cc1ccc2c(c1)C(C)(C)c1cc(C3CCC(C4CCC(C)CN4)NC3)ccc1-2. The summed E-state index contributed by atoms with van der Waals surface area (Å²) in [5, 5.41) is 7.69. The van der Waals surface area contributed by atoms with Crippen molar-refractivity contribution in [2.75, 3.05) is 13.1 Å². The van der Waals surface area contributed by atoms with Crippen LogP contribution in [0.15, 0.2) is 36.4 Å². The highest BCUT2D eigenvalue weighted by molar-refractivity contribution is 5.81. The molecule has 29 heavy (non-hydrogen) atoms. The molecule has 1 aliphatic carbocycles. The highest BCUT2D eigenvalue weighted by Crippen LogP contribution is 2.49. The van der Waals surface area contributed by atoms with Gasteiger partial charge in [0.25, 0.3) is 0 Å². The lowest BCUT2D eigenvalue weighted by molar-refractivity contribution is 0.234. The van der Waals surface area contributed by atoms with Gasteiger partial charge < -0.3 is 10.6 Å². The van der Waals surface area contributed by atoms with E-state index >= 15 is 0 Å². The summed E-state index contributed by atoms with van der Waals surface area (Å²) in [7, 11) is 0. The summed E-state index contributed by atoms with van der Waals surface area (Å²) in [5.74, 6) is 1.48. The van der Waals surface area contributed by atoms with Crippen LogP contribution in [0, 0.1) is 12.8 Å². The van der Waals surface area contributed by atoms with E-state index in [0.29, 0.717) is 18.0 Å². The van der Waals surface area contributed by atoms with Crippen molar-refractivity contribution in [3.63, 3.8) is 0 Å². The van der Waals surface area contributed by atoms with Crippen molar-refractivity contribution in [2.45, 2.75) is 76.8 Å². The van der Waals surface area contributed by atoms with E-state index < -0.39 is 0 Å². The monoisotopic (exact) mass is 388 g/mol. The highest BCUT2D eigenvalue weighted by Gasteiger charge is 2.36. The normalized spacial score (nSPS) is 30.6. The summed E-state index contributed by atoms with van der Waals surface area (Å²) < 4.78 is 0. The Balaban J connectivity index is 1.33. The molecule has 2 N–H and O–H groups in total. The molecule has 2 heteroatoms. The van der Waals surface area contributed by atoms with Crippen molar-refractivity contribution in [3.8, 4) is 11.1 Å². The Morgan fingerprint density at radius 1 is 0.793 bits per heavy atom. The second-order valence-electron chi connectivity index (χ2n) is 10.5. The van der Waals surface area contributed by atoms with Crippen LogP contribution in [0.1, 0.15) is 74.6 Å². The zero-order valence-corrected chi connectivity index (χ0v) is 18.5.